The summed E-state index contributed by atoms with van der Waals surface area (Å²) in [5, 5.41) is 13.5. The van der Waals surface area contributed by atoms with Crippen LogP contribution in [0.2, 0.25) is 0 Å². The Labute approximate surface area is 139 Å². The third-order valence-electron chi connectivity index (χ3n) is 4.53. The quantitative estimate of drug-likeness (QED) is 0.848. The van der Waals surface area contributed by atoms with Crippen molar-refractivity contribution < 1.29 is 9.90 Å². The Morgan fingerprint density at radius 2 is 1.96 bits per heavy atom. The first-order valence-corrected chi connectivity index (χ1v) is 8.82. The summed E-state index contributed by atoms with van der Waals surface area (Å²) in [6.07, 6.45) is 4.69. The molecule has 1 aromatic rings. The van der Waals surface area contributed by atoms with Crippen LogP contribution >= 0.6 is 0 Å². The largest absolute Gasteiger partial charge is 0.387 e. The van der Waals surface area contributed by atoms with Crippen molar-refractivity contribution in [1.82, 2.24) is 10.2 Å². The second kappa shape index (κ2) is 9.04. The van der Waals surface area contributed by atoms with E-state index in [2.05, 4.69) is 5.32 Å². The van der Waals surface area contributed by atoms with Crippen LogP contribution < -0.4 is 5.32 Å². The van der Waals surface area contributed by atoms with E-state index in [-0.39, 0.29) is 11.9 Å². The van der Waals surface area contributed by atoms with Crippen molar-refractivity contribution >= 4 is 5.91 Å². The van der Waals surface area contributed by atoms with Crippen LogP contribution in [0, 0.1) is 6.92 Å². The predicted molar refractivity (Wildman–Crippen MR) is 93.3 cm³/mol. The van der Waals surface area contributed by atoms with Gasteiger partial charge in [0.25, 0.3) is 0 Å². The lowest BCUT2D eigenvalue weighted by Gasteiger charge is -2.23. The third-order valence-corrected chi connectivity index (χ3v) is 4.53. The van der Waals surface area contributed by atoms with Crippen molar-refractivity contribution in [3.8, 4) is 0 Å². The molecule has 1 aliphatic heterocycles. The Hall–Kier alpha value is -1.39. The fourth-order valence-corrected chi connectivity index (χ4v) is 3.09. The molecule has 1 aliphatic rings. The average molecular weight is 318 g/mol. The number of aryl methyl sites for hydroxylation is 1. The summed E-state index contributed by atoms with van der Waals surface area (Å²) in [5.41, 5.74) is 2.06. The predicted octanol–water partition coefficient (Wildman–Crippen LogP) is 2.80. The minimum atomic E-state index is -0.536. The van der Waals surface area contributed by atoms with Gasteiger partial charge >= 0.3 is 0 Å². The highest BCUT2D eigenvalue weighted by atomic mass is 16.3. The minimum absolute atomic E-state index is 0.0743. The number of nitrogens with one attached hydrogen (secondary N) is 1. The Morgan fingerprint density at radius 1 is 1.26 bits per heavy atom. The zero-order chi connectivity index (χ0) is 16.7. The molecule has 0 aromatic heterocycles. The van der Waals surface area contributed by atoms with Gasteiger partial charge < -0.3 is 15.3 Å². The van der Waals surface area contributed by atoms with Gasteiger partial charge in [-0.05, 0) is 32.3 Å². The molecule has 0 saturated carbocycles. The van der Waals surface area contributed by atoms with Crippen LogP contribution in [0.25, 0.3) is 0 Å². The molecule has 2 rings (SSSR count). The molecule has 2 N–H and O–H groups in total. The molecule has 1 amide bonds. The lowest BCUT2D eigenvalue weighted by Crippen LogP contribution is -2.38. The van der Waals surface area contributed by atoms with Gasteiger partial charge in [-0.15, -0.1) is 0 Å². The van der Waals surface area contributed by atoms with Gasteiger partial charge in [0.15, 0.2) is 0 Å². The highest BCUT2D eigenvalue weighted by Crippen LogP contribution is 2.14. The fourth-order valence-electron chi connectivity index (χ4n) is 3.09. The fraction of sp³-hybridized carbons (Fsp3) is 0.632. The van der Waals surface area contributed by atoms with Gasteiger partial charge in [-0.25, -0.2) is 0 Å². The summed E-state index contributed by atoms with van der Waals surface area (Å²) in [6, 6.07) is 7.99. The lowest BCUT2D eigenvalue weighted by atomic mass is 10.1. The standard InChI is InChI=1S/C19H30N2O2/c1-15-8-7-9-17(12-15)18(22)14-20-16(2)13-19(23)21-10-5-3-4-6-11-21/h7-9,12,16,18,20,22H,3-6,10-11,13-14H2,1-2H3. The molecular formula is C19H30N2O2. The van der Waals surface area contributed by atoms with Gasteiger partial charge in [-0.1, -0.05) is 42.7 Å². The first-order chi connectivity index (χ1) is 11.1. The van der Waals surface area contributed by atoms with Crippen molar-refractivity contribution in [2.24, 2.45) is 0 Å². The van der Waals surface area contributed by atoms with Crippen LogP contribution in [0.1, 0.15) is 56.3 Å². The summed E-state index contributed by atoms with van der Waals surface area (Å²) >= 11 is 0. The van der Waals surface area contributed by atoms with Crippen molar-refractivity contribution in [3.05, 3.63) is 35.4 Å². The summed E-state index contributed by atoms with van der Waals surface area (Å²) in [6.45, 7) is 6.30. The van der Waals surface area contributed by atoms with Crippen LogP contribution in [0.3, 0.4) is 0 Å². The Bertz CT molecular complexity index is 496. The van der Waals surface area contributed by atoms with Crippen molar-refractivity contribution in [2.75, 3.05) is 19.6 Å². The summed E-state index contributed by atoms with van der Waals surface area (Å²) in [5.74, 6) is 0.233. The van der Waals surface area contributed by atoms with Crippen molar-refractivity contribution in [1.29, 1.82) is 0 Å². The summed E-state index contributed by atoms with van der Waals surface area (Å²) in [4.78, 5) is 14.3. The number of rotatable bonds is 6. The highest BCUT2D eigenvalue weighted by Gasteiger charge is 2.18. The second-order valence-electron chi connectivity index (χ2n) is 6.74. The number of nitrogens with zero attached hydrogens (tertiary/aromatic N) is 1. The van der Waals surface area contributed by atoms with Gasteiger partial charge in [0.05, 0.1) is 6.10 Å². The van der Waals surface area contributed by atoms with Gasteiger partial charge in [-0.3, -0.25) is 4.79 Å². The lowest BCUT2D eigenvalue weighted by molar-refractivity contribution is -0.131. The number of hydrogen-bond donors (Lipinski definition) is 2. The summed E-state index contributed by atoms with van der Waals surface area (Å²) in [7, 11) is 0. The molecule has 1 heterocycles. The molecule has 1 fully saturated rings. The molecular weight excluding hydrogens is 288 g/mol. The Balaban J connectivity index is 1.75. The van der Waals surface area contributed by atoms with E-state index in [1.54, 1.807) is 0 Å². The van der Waals surface area contributed by atoms with E-state index in [9.17, 15) is 9.90 Å². The molecule has 4 nitrogen and oxygen atoms in total. The second-order valence-corrected chi connectivity index (χ2v) is 6.74. The monoisotopic (exact) mass is 318 g/mol. The van der Waals surface area contributed by atoms with Gasteiger partial charge in [0.1, 0.15) is 0 Å². The average Bonchev–Trinajstić information content (AvgIpc) is 2.82. The molecule has 2 atom stereocenters. The van der Waals surface area contributed by atoms with Gasteiger partial charge in [0.2, 0.25) is 5.91 Å². The Kier molecular flexibility index (Phi) is 7.06. The highest BCUT2D eigenvalue weighted by molar-refractivity contribution is 5.76. The smallest absolute Gasteiger partial charge is 0.224 e. The summed E-state index contributed by atoms with van der Waals surface area (Å²) < 4.78 is 0. The van der Waals surface area contributed by atoms with E-state index in [1.807, 2.05) is 43.0 Å². The molecule has 0 bridgehead atoms. The van der Waals surface area contributed by atoms with E-state index in [0.717, 1.165) is 37.1 Å². The van der Waals surface area contributed by atoms with E-state index >= 15 is 0 Å². The van der Waals surface area contributed by atoms with Gasteiger partial charge in [0, 0.05) is 32.1 Å². The maximum atomic E-state index is 12.3. The number of benzene rings is 1. The van der Waals surface area contributed by atoms with E-state index < -0.39 is 6.10 Å². The van der Waals surface area contributed by atoms with Crippen LogP contribution in [-0.2, 0) is 4.79 Å². The molecule has 0 spiro atoms. The molecule has 1 aromatic carbocycles. The molecule has 2 unspecified atom stereocenters. The SMILES string of the molecule is Cc1cccc(C(O)CNC(C)CC(=O)N2CCCCCC2)c1. The van der Waals surface area contributed by atoms with Crippen LogP contribution in [0.15, 0.2) is 24.3 Å². The van der Waals surface area contributed by atoms with Gasteiger partial charge in [-0.2, -0.15) is 0 Å². The van der Waals surface area contributed by atoms with E-state index in [0.29, 0.717) is 13.0 Å². The Morgan fingerprint density at radius 3 is 2.61 bits per heavy atom. The third kappa shape index (κ3) is 5.96. The van der Waals surface area contributed by atoms with Crippen LogP contribution in [-0.4, -0.2) is 41.6 Å². The number of likely N-dealkylation sites (tertiary alicyclic amines) is 1. The number of aliphatic hydroxyl groups is 1. The van der Waals surface area contributed by atoms with Crippen molar-refractivity contribution in [2.45, 2.75) is 58.1 Å². The number of hydrogen-bond acceptors (Lipinski definition) is 3. The van der Waals surface area contributed by atoms with E-state index in [4.69, 9.17) is 0 Å². The number of carbonyl (C=O) groups is 1. The molecule has 0 aliphatic carbocycles. The van der Waals surface area contributed by atoms with Crippen molar-refractivity contribution in [3.63, 3.8) is 0 Å². The normalized spacial score (nSPS) is 18.3. The zero-order valence-electron chi connectivity index (χ0n) is 14.4. The first-order valence-electron chi connectivity index (χ1n) is 8.82. The number of aliphatic hydroxyl groups excluding tert-OH is 1. The molecule has 128 valence electrons. The molecule has 4 heteroatoms. The maximum Gasteiger partial charge on any atom is 0.224 e. The molecule has 23 heavy (non-hydrogen) atoms. The topological polar surface area (TPSA) is 52.6 Å². The minimum Gasteiger partial charge on any atom is -0.387 e. The van der Waals surface area contributed by atoms with Crippen LogP contribution in [0.5, 0.6) is 0 Å². The molecule has 1 saturated heterocycles. The molecule has 0 radical (unpaired) electrons. The van der Waals surface area contributed by atoms with E-state index in [1.165, 1.54) is 12.8 Å². The maximum absolute atomic E-state index is 12.3. The number of carbonyl (C=O) groups excluding carboxylic acids is 1. The van der Waals surface area contributed by atoms with Crippen LogP contribution in [0.4, 0.5) is 0 Å². The number of amides is 1. The zero-order valence-corrected chi connectivity index (χ0v) is 14.4. The first kappa shape index (κ1) is 18.0.